The van der Waals surface area contributed by atoms with E-state index < -0.39 is 66.2 Å². The summed E-state index contributed by atoms with van der Waals surface area (Å²) in [4.78, 5) is 52.8. The number of unbranched alkanes of at least 4 members (excludes halogenated alkanes) is 15. The second-order valence-corrected chi connectivity index (χ2v) is 18.9. The molecule has 5 atom stereocenters. The highest BCUT2D eigenvalue weighted by Gasteiger charge is 2.36. The van der Waals surface area contributed by atoms with Crippen LogP contribution in [0, 0.1) is 5.92 Å². The van der Waals surface area contributed by atoms with Crippen LogP contribution in [0.5, 0.6) is 0 Å². The van der Waals surface area contributed by atoms with Gasteiger partial charge in [-0.25, -0.2) is 9.13 Å². The average Bonchev–Trinajstić information content (AvgIpc) is 3.95. The van der Waals surface area contributed by atoms with E-state index in [0.29, 0.717) is 19.3 Å². The molecule has 1 aliphatic rings. The molecule has 60 heavy (non-hydrogen) atoms. The number of rotatable bonds is 41. The van der Waals surface area contributed by atoms with Crippen LogP contribution in [-0.2, 0) is 46.5 Å². The quantitative estimate of drug-likeness (QED) is 0.0148. The molecule has 1 rings (SSSR count). The number of carbonyl (C=O) groups is 2. The summed E-state index contributed by atoms with van der Waals surface area (Å²) < 4.78 is 53.5. The highest BCUT2D eigenvalue weighted by molar-refractivity contribution is 7.47. The summed E-state index contributed by atoms with van der Waals surface area (Å²) in [6.07, 6.45) is 34.6. The van der Waals surface area contributed by atoms with Crippen LogP contribution < -0.4 is 0 Å². The van der Waals surface area contributed by atoms with Gasteiger partial charge in [0.2, 0.25) is 0 Å². The molecule has 0 aromatic heterocycles. The monoisotopic (exact) mass is 895 g/mol. The third-order valence-corrected chi connectivity index (χ3v) is 11.3. The van der Waals surface area contributed by atoms with Gasteiger partial charge in [0.15, 0.2) is 6.10 Å². The number of ether oxygens (including phenoxy) is 3. The summed E-state index contributed by atoms with van der Waals surface area (Å²) in [5.41, 5.74) is 0. The number of phosphoric ester groups is 2. The number of phosphoric acid groups is 2. The summed E-state index contributed by atoms with van der Waals surface area (Å²) >= 11 is 0. The zero-order valence-corrected chi connectivity index (χ0v) is 38.7. The molecule has 16 heteroatoms. The number of esters is 2. The first-order chi connectivity index (χ1) is 28.7. The molecule has 0 spiro atoms. The highest BCUT2D eigenvalue weighted by atomic mass is 31.2. The number of aliphatic hydroxyl groups excluding tert-OH is 1. The van der Waals surface area contributed by atoms with E-state index in [9.17, 15) is 28.7 Å². The summed E-state index contributed by atoms with van der Waals surface area (Å²) in [6, 6.07) is 0. The number of carbonyl (C=O) groups excluding carboxylic acids is 2. The minimum absolute atomic E-state index is 0.0483. The van der Waals surface area contributed by atoms with Crippen LogP contribution >= 0.6 is 15.6 Å². The minimum atomic E-state index is -4.87. The predicted molar refractivity (Wildman–Crippen MR) is 234 cm³/mol. The number of aliphatic hydroxyl groups is 1. The second-order valence-electron chi connectivity index (χ2n) is 16.2. The first-order valence-corrected chi connectivity index (χ1v) is 25.7. The molecular weight excluding hydrogens is 814 g/mol. The van der Waals surface area contributed by atoms with Gasteiger partial charge < -0.3 is 34.0 Å². The normalized spacial score (nSPS) is 17.8. The molecule has 0 bridgehead atoms. The molecular formula is C44H80O14P2. The Labute approximate surface area is 361 Å². The standard InChI is InChI=1S/C44H80O14P2/c1-4-5-6-7-8-13-17-20-25-30-41-42(58-41)31-26-22-23-28-33-44(47)57-40(37-56-60(51,52)55-35-39(45)34-54-59(48,49)50)36-53-43(46)32-27-21-18-15-12-10-9-11-14-16-19-24-29-38(2)3/h8,13,20,22,25-26,38-42,45H,4-7,9-12,14-19,21,23-24,27-37H2,1-3H3,(H,51,52)(H2,48,49,50)/b13-8-,25-20-,26-22-/t39-,40+,41?,42?/m0/s1. The molecule has 1 fully saturated rings. The Hall–Kier alpha value is -1.70. The maximum Gasteiger partial charge on any atom is 0.472 e. The van der Waals surface area contributed by atoms with Crippen LogP contribution in [0.3, 0.4) is 0 Å². The molecule has 1 saturated heterocycles. The smallest absolute Gasteiger partial charge is 0.462 e. The topological polar surface area (TPSA) is 208 Å². The molecule has 0 aromatic rings. The van der Waals surface area contributed by atoms with Gasteiger partial charge in [0.05, 0.1) is 32.0 Å². The lowest BCUT2D eigenvalue weighted by Crippen LogP contribution is -2.29. The molecule has 14 nitrogen and oxygen atoms in total. The van der Waals surface area contributed by atoms with Crippen molar-refractivity contribution >= 4 is 27.6 Å². The Balaban J connectivity index is 2.39. The van der Waals surface area contributed by atoms with Crippen molar-refractivity contribution in [1.29, 1.82) is 0 Å². The van der Waals surface area contributed by atoms with Crippen molar-refractivity contribution in [2.75, 3.05) is 26.4 Å². The Morgan fingerprint density at radius 2 is 1.13 bits per heavy atom. The largest absolute Gasteiger partial charge is 0.472 e. The van der Waals surface area contributed by atoms with Crippen molar-refractivity contribution in [3.63, 3.8) is 0 Å². The van der Waals surface area contributed by atoms with Gasteiger partial charge in [0, 0.05) is 12.8 Å². The molecule has 0 radical (unpaired) electrons. The zero-order chi connectivity index (χ0) is 44.3. The fourth-order valence-corrected chi connectivity index (χ4v) is 7.43. The number of hydrogen-bond acceptors (Lipinski definition) is 11. The maximum absolute atomic E-state index is 12.7. The molecule has 1 aliphatic heterocycles. The molecule has 0 aliphatic carbocycles. The van der Waals surface area contributed by atoms with E-state index >= 15 is 0 Å². The molecule has 3 unspecified atom stereocenters. The van der Waals surface area contributed by atoms with E-state index in [1.54, 1.807) is 0 Å². The number of allylic oxidation sites excluding steroid dienone is 4. The van der Waals surface area contributed by atoms with Crippen LogP contribution in [0.4, 0.5) is 0 Å². The molecule has 4 N–H and O–H groups in total. The van der Waals surface area contributed by atoms with Gasteiger partial charge in [0.1, 0.15) is 12.7 Å². The van der Waals surface area contributed by atoms with E-state index in [1.807, 2.05) is 12.2 Å². The number of epoxide rings is 1. The third-order valence-electron chi connectivity index (χ3n) is 9.85. The fraction of sp³-hybridized carbons (Fsp3) is 0.818. The zero-order valence-electron chi connectivity index (χ0n) is 36.9. The Kier molecular flexibility index (Phi) is 33.5. The van der Waals surface area contributed by atoms with Crippen molar-refractivity contribution in [3.05, 3.63) is 36.5 Å². The fourth-order valence-electron chi connectivity index (χ4n) is 6.27. The summed E-state index contributed by atoms with van der Waals surface area (Å²) in [7, 11) is -9.70. The van der Waals surface area contributed by atoms with Crippen LogP contribution in [0.25, 0.3) is 0 Å². The van der Waals surface area contributed by atoms with Gasteiger partial charge >= 0.3 is 27.6 Å². The van der Waals surface area contributed by atoms with E-state index in [1.165, 1.54) is 77.0 Å². The second kappa shape index (κ2) is 35.7. The molecule has 350 valence electrons. The summed E-state index contributed by atoms with van der Waals surface area (Å²) in [5.74, 6) is -0.309. The Morgan fingerprint density at radius 1 is 0.617 bits per heavy atom. The van der Waals surface area contributed by atoms with Crippen LogP contribution in [0.2, 0.25) is 0 Å². The van der Waals surface area contributed by atoms with E-state index in [0.717, 1.165) is 50.9 Å². The first kappa shape index (κ1) is 56.3. The summed E-state index contributed by atoms with van der Waals surface area (Å²) in [5, 5.41) is 9.76. The van der Waals surface area contributed by atoms with Crippen molar-refractivity contribution in [3.8, 4) is 0 Å². The van der Waals surface area contributed by atoms with Crippen LogP contribution in [0.15, 0.2) is 36.5 Å². The lowest BCUT2D eigenvalue weighted by atomic mass is 10.0. The maximum atomic E-state index is 12.7. The SMILES string of the molecule is CCCCC/C=C\C/C=C\CC1OC1C/C=C\CCCC(=O)O[C@H](COC(=O)CCCCCCCCCCCCCCC(C)C)COP(=O)(O)OC[C@@H](O)COP(=O)(O)O. The number of hydrogen-bond donors (Lipinski definition) is 4. The van der Waals surface area contributed by atoms with Crippen molar-refractivity contribution in [2.24, 2.45) is 5.92 Å². The molecule has 0 amide bonds. The summed E-state index contributed by atoms with van der Waals surface area (Å²) in [6.45, 7) is 3.98. The molecule has 1 heterocycles. The van der Waals surface area contributed by atoms with Gasteiger partial charge in [0.25, 0.3) is 0 Å². The molecule has 0 aromatic carbocycles. The van der Waals surface area contributed by atoms with Crippen molar-refractivity contribution in [1.82, 2.24) is 0 Å². The highest BCUT2D eigenvalue weighted by Crippen LogP contribution is 2.44. The minimum Gasteiger partial charge on any atom is -0.462 e. The van der Waals surface area contributed by atoms with E-state index in [-0.39, 0.29) is 25.0 Å². The van der Waals surface area contributed by atoms with Crippen molar-refractivity contribution < 1.29 is 66.3 Å². The Bertz CT molecular complexity index is 1280. The van der Waals surface area contributed by atoms with Gasteiger partial charge in [-0.15, -0.1) is 0 Å². The first-order valence-electron chi connectivity index (χ1n) is 22.7. The predicted octanol–water partition coefficient (Wildman–Crippen LogP) is 10.5. The van der Waals surface area contributed by atoms with E-state index in [4.69, 9.17) is 28.5 Å². The van der Waals surface area contributed by atoms with Gasteiger partial charge in [-0.1, -0.05) is 147 Å². The Morgan fingerprint density at radius 3 is 1.75 bits per heavy atom. The van der Waals surface area contributed by atoms with Gasteiger partial charge in [-0.3, -0.25) is 23.2 Å². The van der Waals surface area contributed by atoms with E-state index in [2.05, 4.69) is 54.1 Å². The van der Waals surface area contributed by atoms with Crippen molar-refractivity contribution in [2.45, 2.75) is 199 Å². The van der Waals surface area contributed by atoms with Gasteiger partial charge in [-0.05, 0) is 57.3 Å². The third kappa shape index (κ3) is 36.9. The molecule has 0 saturated carbocycles. The lowest BCUT2D eigenvalue weighted by Gasteiger charge is -2.20. The van der Waals surface area contributed by atoms with Crippen LogP contribution in [0.1, 0.15) is 175 Å². The average molecular weight is 895 g/mol. The van der Waals surface area contributed by atoms with Crippen LogP contribution in [-0.4, -0.2) is 82.6 Å². The lowest BCUT2D eigenvalue weighted by molar-refractivity contribution is -0.161. The van der Waals surface area contributed by atoms with Gasteiger partial charge in [-0.2, -0.15) is 0 Å².